The van der Waals surface area contributed by atoms with Crippen molar-refractivity contribution in [3.05, 3.63) is 49.5 Å². The molecule has 3 aromatic rings. The van der Waals surface area contributed by atoms with Crippen molar-refractivity contribution in [2.75, 3.05) is 5.88 Å². The first-order chi connectivity index (χ1) is 10.2. The van der Waals surface area contributed by atoms with Gasteiger partial charge in [-0.15, -0.1) is 22.9 Å². The lowest BCUT2D eigenvalue weighted by atomic mass is 10.3. The molecule has 0 N–H and O–H groups in total. The van der Waals surface area contributed by atoms with Crippen molar-refractivity contribution < 1.29 is 0 Å². The third kappa shape index (κ3) is 3.27. The third-order valence-corrected chi connectivity index (χ3v) is 5.56. The van der Waals surface area contributed by atoms with Crippen molar-refractivity contribution >= 4 is 56.6 Å². The third-order valence-electron chi connectivity index (χ3n) is 3.49. The maximum Gasteiger partial charge on any atom is 0.111 e. The van der Waals surface area contributed by atoms with E-state index in [0.717, 1.165) is 30.7 Å². The van der Waals surface area contributed by atoms with E-state index in [1.165, 1.54) is 18.8 Å². The molecule has 21 heavy (non-hydrogen) atoms. The lowest BCUT2D eigenvalue weighted by molar-refractivity contribution is 0.763. The van der Waals surface area contributed by atoms with Crippen LogP contribution >= 0.6 is 45.5 Å². The molecule has 5 heteroatoms. The van der Waals surface area contributed by atoms with Gasteiger partial charge in [0.05, 0.1) is 17.6 Å². The second-order valence-electron chi connectivity index (χ2n) is 4.91. The smallest absolute Gasteiger partial charge is 0.111 e. The number of nitrogens with zero attached hydrogens (tertiary/aromatic N) is 2. The van der Waals surface area contributed by atoms with Crippen LogP contribution < -0.4 is 0 Å². The molecule has 0 bridgehead atoms. The Morgan fingerprint density at radius 2 is 2.05 bits per heavy atom. The maximum atomic E-state index is 5.94. The van der Waals surface area contributed by atoms with Crippen LogP contribution in [0.1, 0.15) is 22.5 Å². The van der Waals surface area contributed by atoms with Gasteiger partial charge in [-0.2, -0.15) is 0 Å². The van der Waals surface area contributed by atoms with Gasteiger partial charge < -0.3 is 4.57 Å². The summed E-state index contributed by atoms with van der Waals surface area (Å²) in [6.07, 6.45) is 1.90. The minimum atomic E-state index is 0.602. The van der Waals surface area contributed by atoms with Crippen LogP contribution in [0.5, 0.6) is 0 Å². The fourth-order valence-electron chi connectivity index (χ4n) is 2.46. The van der Waals surface area contributed by atoms with Crippen molar-refractivity contribution in [2.45, 2.75) is 26.3 Å². The Kier molecular flexibility index (Phi) is 4.86. The molecule has 0 saturated carbocycles. The zero-order valence-electron chi connectivity index (χ0n) is 11.8. The number of hydrogen-bond acceptors (Lipinski definition) is 2. The van der Waals surface area contributed by atoms with Gasteiger partial charge in [-0.3, -0.25) is 0 Å². The Labute approximate surface area is 147 Å². The standard InChI is InChI=1S/C16H16ClIN2S/c1-2-12-4-5-13(21-12)10-20-15-6-3-11(18)9-14(15)19-16(20)7-8-17/h3-6,9H,2,7-8,10H2,1H3. The molecule has 0 amide bonds. The van der Waals surface area contributed by atoms with E-state index in [1.54, 1.807) is 0 Å². The number of alkyl halides is 1. The summed E-state index contributed by atoms with van der Waals surface area (Å²) in [4.78, 5) is 7.57. The van der Waals surface area contributed by atoms with Gasteiger partial charge in [0.25, 0.3) is 0 Å². The van der Waals surface area contributed by atoms with Gasteiger partial charge in [0.2, 0.25) is 0 Å². The number of aryl methyl sites for hydroxylation is 2. The summed E-state index contributed by atoms with van der Waals surface area (Å²) >= 11 is 10.2. The number of hydrogen-bond donors (Lipinski definition) is 0. The molecule has 0 spiro atoms. The summed E-state index contributed by atoms with van der Waals surface area (Å²) in [6, 6.07) is 10.9. The van der Waals surface area contributed by atoms with Crippen LogP contribution in [0, 0.1) is 3.57 Å². The molecule has 2 nitrogen and oxygen atoms in total. The molecule has 0 radical (unpaired) electrons. The number of benzene rings is 1. The molecule has 0 aliphatic carbocycles. The summed E-state index contributed by atoms with van der Waals surface area (Å²) < 4.78 is 3.52. The van der Waals surface area contributed by atoms with Crippen molar-refractivity contribution in [2.24, 2.45) is 0 Å². The van der Waals surface area contributed by atoms with Crippen molar-refractivity contribution in [1.82, 2.24) is 9.55 Å². The van der Waals surface area contributed by atoms with Crippen molar-refractivity contribution in [3.8, 4) is 0 Å². The monoisotopic (exact) mass is 430 g/mol. The molecule has 2 aromatic heterocycles. The average molecular weight is 431 g/mol. The van der Waals surface area contributed by atoms with Crippen LogP contribution in [0.25, 0.3) is 11.0 Å². The SMILES string of the molecule is CCc1ccc(Cn2c(CCCl)nc3cc(I)ccc32)s1. The summed E-state index contributed by atoms with van der Waals surface area (Å²) in [5.41, 5.74) is 2.26. The summed E-state index contributed by atoms with van der Waals surface area (Å²) in [5, 5.41) is 0. The van der Waals surface area contributed by atoms with Crippen LogP contribution in [0.2, 0.25) is 0 Å². The van der Waals surface area contributed by atoms with Crippen molar-refractivity contribution in [3.63, 3.8) is 0 Å². The number of halogens is 2. The molecule has 0 unspecified atom stereocenters. The van der Waals surface area contributed by atoms with E-state index in [4.69, 9.17) is 16.6 Å². The van der Waals surface area contributed by atoms with Gasteiger partial charge in [0.1, 0.15) is 5.82 Å². The molecular weight excluding hydrogens is 415 g/mol. The largest absolute Gasteiger partial charge is 0.323 e. The van der Waals surface area contributed by atoms with Crippen LogP contribution in [0.3, 0.4) is 0 Å². The highest BCUT2D eigenvalue weighted by molar-refractivity contribution is 14.1. The van der Waals surface area contributed by atoms with Crippen LogP contribution in [-0.2, 0) is 19.4 Å². The number of rotatable bonds is 5. The fraction of sp³-hybridized carbons (Fsp3) is 0.312. The molecule has 110 valence electrons. The molecule has 1 aromatic carbocycles. The first-order valence-electron chi connectivity index (χ1n) is 6.99. The van der Waals surface area contributed by atoms with E-state index in [9.17, 15) is 0 Å². The number of fused-ring (bicyclic) bond motifs is 1. The highest BCUT2D eigenvalue weighted by Gasteiger charge is 2.12. The van der Waals surface area contributed by atoms with Gasteiger partial charge in [-0.25, -0.2) is 4.98 Å². The van der Waals surface area contributed by atoms with Crippen molar-refractivity contribution in [1.29, 1.82) is 0 Å². The Balaban J connectivity index is 2.03. The van der Waals surface area contributed by atoms with E-state index < -0.39 is 0 Å². The summed E-state index contributed by atoms with van der Waals surface area (Å²) in [6.45, 7) is 3.08. The van der Waals surface area contributed by atoms with Gasteiger partial charge in [0, 0.05) is 25.6 Å². The molecule has 2 heterocycles. The fourth-order valence-corrected chi connectivity index (χ4v) is 4.05. The zero-order valence-corrected chi connectivity index (χ0v) is 15.5. The Morgan fingerprint density at radius 3 is 2.76 bits per heavy atom. The van der Waals surface area contributed by atoms with Gasteiger partial charge in [-0.05, 0) is 59.3 Å². The Hall–Kier alpha value is -0.590. The first-order valence-corrected chi connectivity index (χ1v) is 9.42. The quantitative estimate of drug-likeness (QED) is 0.407. The maximum absolute atomic E-state index is 5.94. The number of thiophene rings is 1. The minimum absolute atomic E-state index is 0.602. The van der Waals surface area contributed by atoms with Crippen LogP contribution in [-0.4, -0.2) is 15.4 Å². The van der Waals surface area contributed by atoms with E-state index in [2.05, 4.69) is 64.4 Å². The molecule has 0 atom stereocenters. The van der Waals surface area contributed by atoms with Gasteiger partial charge >= 0.3 is 0 Å². The Morgan fingerprint density at radius 1 is 1.24 bits per heavy atom. The lowest BCUT2D eigenvalue weighted by Crippen LogP contribution is -2.04. The van der Waals surface area contributed by atoms with Crippen LogP contribution in [0.4, 0.5) is 0 Å². The van der Waals surface area contributed by atoms with E-state index >= 15 is 0 Å². The second-order valence-corrected chi connectivity index (χ2v) is 7.78. The predicted molar refractivity (Wildman–Crippen MR) is 99.7 cm³/mol. The summed E-state index contributed by atoms with van der Waals surface area (Å²) in [7, 11) is 0. The van der Waals surface area contributed by atoms with Gasteiger partial charge in [-0.1, -0.05) is 6.92 Å². The van der Waals surface area contributed by atoms with Crippen LogP contribution in [0.15, 0.2) is 30.3 Å². The Bertz CT molecular complexity index is 763. The predicted octanol–water partition coefficient (Wildman–Crippen LogP) is 5.09. The zero-order chi connectivity index (χ0) is 14.8. The van der Waals surface area contributed by atoms with Gasteiger partial charge in [0.15, 0.2) is 0 Å². The topological polar surface area (TPSA) is 17.8 Å². The molecule has 3 rings (SSSR count). The van der Waals surface area contributed by atoms with E-state index in [1.807, 2.05) is 11.3 Å². The number of aromatic nitrogens is 2. The second kappa shape index (κ2) is 6.67. The molecule has 0 saturated heterocycles. The molecule has 0 aliphatic rings. The molecule has 0 aliphatic heterocycles. The number of imidazole rings is 1. The van der Waals surface area contributed by atoms with E-state index in [0.29, 0.717) is 5.88 Å². The van der Waals surface area contributed by atoms with E-state index in [-0.39, 0.29) is 0 Å². The average Bonchev–Trinajstić information content (AvgIpc) is 3.05. The lowest BCUT2D eigenvalue weighted by Gasteiger charge is -2.07. The molecule has 0 fully saturated rings. The normalized spacial score (nSPS) is 11.4. The highest BCUT2D eigenvalue weighted by Crippen LogP contribution is 2.24. The highest BCUT2D eigenvalue weighted by atomic mass is 127. The summed E-state index contributed by atoms with van der Waals surface area (Å²) in [5.74, 6) is 1.68. The molecular formula is C16H16ClIN2S. The minimum Gasteiger partial charge on any atom is -0.323 e. The first kappa shape index (κ1) is 15.3.